The van der Waals surface area contributed by atoms with Crippen molar-refractivity contribution in [1.29, 1.82) is 0 Å². The summed E-state index contributed by atoms with van der Waals surface area (Å²) in [5.74, 6) is 0.521. The zero-order chi connectivity index (χ0) is 15.6. The summed E-state index contributed by atoms with van der Waals surface area (Å²) in [5, 5.41) is 14.4. The highest BCUT2D eigenvalue weighted by Crippen LogP contribution is 2.49. The molecule has 0 heterocycles. The van der Waals surface area contributed by atoms with Crippen molar-refractivity contribution in [3.05, 3.63) is 33.3 Å². The highest BCUT2D eigenvalue weighted by atomic mass is 35.5. The minimum Gasteiger partial charge on any atom is -0.488 e. The van der Waals surface area contributed by atoms with Crippen LogP contribution in [0.4, 0.5) is 5.69 Å². The molecule has 0 aromatic heterocycles. The minimum atomic E-state index is -0.460. The van der Waals surface area contributed by atoms with E-state index in [2.05, 4.69) is 19.2 Å². The van der Waals surface area contributed by atoms with Crippen LogP contribution in [-0.4, -0.2) is 24.1 Å². The third kappa shape index (κ3) is 2.72. The van der Waals surface area contributed by atoms with Crippen LogP contribution in [0.5, 0.6) is 5.75 Å². The quantitative estimate of drug-likeness (QED) is 0.641. The Kier molecular flexibility index (Phi) is 4.74. The fraction of sp³-hybridized carbons (Fsp3) is 0.600. The van der Waals surface area contributed by atoms with Crippen LogP contribution in [0.1, 0.15) is 33.1 Å². The molecule has 2 rings (SSSR count). The van der Waals surface area contributed by atoms with Gasteiger partial charge in [0.25, 0.3) is 5.69 Å². The number of hydrogen-bond donors (Lipinski definition) is 1. The summed E-state index contributed by atoms with van der Waals surface area (Å²) in [5.41, 5.74) is 0.0751. The van der Waals surface area contributed by atoms with E-state index in [0.29, 0.717) is 16.8 Å². The maximum absolute atomic E-state index is 10.7. The number of benzene rings is 1. The van der Waals surface area contributed by atoms with E-state index in [1.165, 1.54) is 12.1 Å². The molecule has 1 N–H and O–H groups in total. The first-order chi connectivity index (χ1) is 9.98. The first-order valence-corrected chi connectivity index (χ1v) is 7.64. The third-order valence-electron chi connectivity index (χ3n) is 4.85. The minimum absolute atomic E-state index is 0.0219. The van der Waals surface area contributed by atoms with E-state index in [0.717, 1.165) is 19.3 Å². The van der Waals surface area contributed by atoms with E-state index in [9.17, 15) is 10.1 Å². The molecule has 1 aliphatic carbocycles. The molecular formula is C15H21ClN2O3. The Labute approximate surface area is 129 Å². The standard InChI is InChI=1S/C15H21ClN2O3/c1-4-15(5-2)13(17-3)9-14(15)21-12-7-6-10(18(19)20)8-11(12)16/h6-8,13-14,17H,4-5,9H2,1-3H3. The topological polar surface area (TPSA) is 64.4 Å². The molecule has 0 bridgehead atoms. The summed E-state index contributed by atoms with van der Waals surface area (Å²) in [6, 6.07) is 4.79. The number of ether oxygens (including phenoxy) is 1. The van der Waals surface area contributed by atoms with Crippen molar-refractivity contribution in [2.75, 3.05) is 7.05 Å². The second-order valence-electron chi connectivity index (χ2n) is 5.50. The fourth-order valence-electron chi connectivity index (χ4n) is 3.37. The molecule has 1 aromatic carbocycles. The lowest BCUT2D eigenvalue weighted by Crippen LogP contribution is -2.63. The normalized spacial score (nSPS) is 23.4. The molecule has 2 atom stereocenters. The molecular weight excluding hydrogens is 292 g/mol. The summed E-state index contributed by atoms with van der Waals surface area (Å²) >= 11 is 6.10. The van der Waals surface area contributed by atoms with Crippen LogP contribution in [-0.2, 0) is 0 Å². The molecule has 0 aliphatic heterocycles. The van der Waals surface area contributed by atoms with E-state index in [4.69, 9.17) is 16.3 Å². The van der Waals surface area contributed by atoms with Gasteiger partial charge in [-0.3, -0.25) is 10.1 Å². The van der Waals surface area contributed by atoms with Crippen LogP contribution in [0.25, 0.3) is 0 Å². The summed E-state index contributed by atoms with van der Waals surface area (Å²) in [6.07, 6.45) is 3.05. The SMILES string of the molecule is CCC1(CC)C(NC)CC1Oc1ccc([N+](=O)[O-])cc1Cl. The van der Waals surface area contributed by atoms with Gasteiger partial charge in [0.1, 0.15) is 11.9 Å². The highest BCUT2D eigenvalue weighted by molar-refractivity contribution is 6.32. The molecule has 0 amide bonds. The summed E-state index contributed by atoms with van der Waals surface area (Å²) < 4.78 is 6.05. The van der Waals surface area contributed by atoms with Gasteiger partial charge in [-0.25, -0.2) is 0 Å². The molecule has 2 unspecified atom stereocenters. The van der Waals surface area contributed by atoms with Crippen LogP contribution in [0.15, 0.2) is 18.2 Å². The predicted octanol–water partition coefficient (Wildman–Crippen LogP) is 3.79. The van der Waals surface area contributed by atoms with Crippen LogP contribution >= 0.6 is 11.6 Å². The maximum atomic E-state index is 10.7. The molecule has 6 heteroatoms. The molecule has 5 nitrogen and oxygen atoms in total. The summed E-state index contributed by atoms with van der Waals surface area (Å²) in [4.78, 5) is 10.3. The second-order valence-corrected chi connectivity index (χ2v) is 5.90. The molecule has 1 aliphatic rings. The number of non-ortho nitro benzene ring substituents is 1. The number of halogens is 1. The highest BCUT2D eigenvalue weighted by Gasteiger charge is 2.53. The van der Waals surface area contributed by atoms with E-state index in [-0.39, 0.29) is 17.2 Å². The van der Waals surface area contributed by atoms with Gasteiger partial charge in [-0.15, -0.1) is 0 Å². The van der Waals surface area contributed by atoms with Crippen LogP contribution in [0.2, 0.25) is 5.02 Å². The first kappa shape index (κ1) is 16.0. The van der Waals surface area contributed by atoms with Crippen molar-refractivity contribution in [2.24, 2.45) is 5.41 Å². The molecule has 116 valence electrons. The lowest BCUT2D eigenvalue weighted by molar-refractivity contribution is -0.384. The summed E-state index contributed by atoms with van der Waals surface area (Å²) in [6.45, 7) is 4.33. The van der Waals surface area contributed by atoms with E-state index >= 15 is 0 Å². The number of nitrogens with zero attached hydrogens (tertiary/aromatic N) is 1. The second kappa shape index (κ2) is 6.20. The van der Waals surface area contributed by atoms with Crippen molar-refractivity contribution in [3.8, 4) is 5.75 Å². The Morgan fingerprint density at radius 3 is 2.62 bits per heavy atom. The van der Waals surface area contributed by atoms with Gasteiger partial charge in [-0.2, -0.15) is 0 Å². The largest absolute Gasteiger partial charge is 0.488 e. The molecule has 1 saturated carbocycles. The van der Waals surface area contributed by atoms with E-state index in [1.807, 2.05) is 7.05 Å². The van der Waals surface area contributed by atoms with Crippen LogP contribution < -0.4 is 10.1 Å². The number of nitrogens with one attached hydrogen (secondary N) is 1. The summed E-state index contributed by atoms with van der Waals surface area (Å²) in [7, 11) is 1.97. The molecule has 0 spiro atoms. The molecule has 21 heavy (non-hydrogen) atoms. The van der Waals surface area contributed by atoms with Gasteiger partial charge in [0.2, 0.25) is 0 Å². The monoisotopic (exact) mass is 312 g/mol. The smallest absolute Gasteiger partial charge is 0.271 e. The lowest BCUT2D eigenvalue weighted by atomic mass is 9.58. The third-order valence-corrected chi connectivity index (χ3v) is 5.14. The van der Waals surface area contributed by atoms with Gasteiger partial charge in [0.05, 0.1) is 9.95 Å². The molecule has 0 radical (unpaired) electrons. The Morgan fingerprint density at radius 2 is 2.14 bits per heavy atom. The lowest BCUT2D eigenvalue weighted by Gasteiger charge is -2.55. The Bertz CT molecular complexity index is 532. The van der Waals surface area contributed by atoms with Crippen molar-refractivity contribution in [2.45, 2.75) is 45.3 Å². The first-order valence-electron chi connectivity index (χ1n) is 7.26. The fourth-order valence-corrected chi connectivity index (χ4v) is 3.59. The maximum Gasteiger partial charge on any atom is 0.271 e. The molecule has 1 fully saturated rings. The number of nitro groups is 1. The number of hydrogen-bond acceptors (Lipinski definition) is 4. The van der Waals surface area contributed by atoms with Gasteiger partial charge in [-0.05, 0) is 26.0 Å². The average molecular weight is 313 g/mol. The van der Waals surface area contributed by atoms with Crippen LogP contribution in [0.3, 0.4) is 0 Å². The average Bonchev–Trinajstić information content (AvgIpc) is 2.45. The van der Waals surface area contributed by atoms with Gasteiger partial charge >= 0.3 is 0 Å². The van der Waals surface area contributed by atoms with Gasteiger partial charge < -0.3 is 10.1 Å². The number of rotatable bonds is 6. The van der Waals surface area contributed by atoms with E-state index < -0.39 is 4.92 Å². The predicted molar refractivity (Wildman–Crippen MR) is 83.0 cm³/mol. The number of nitro benzene ring substituents is 1. The van der Waals surface area contributed by atoms with Crippen molar-refractivity contribution in [3.63, 3.8) is 0 Å². The van der Waals surface area contributed by atoms with Gasteiger partial charge in [-0.1, -0.05) is 25.4 Å². The Hall–Kier alpha value is -1.33. The van der Waals surface area contributed by atoms with Gasteiger partial charge in [0, 0.05) is 30.0 Å². The molecule has 0 saturated heterocycles. The Balaban J connectivity index is 2.17. The van der Waals surface area contributed by atoms with Gasteiger partial charge in [0.15, 0.2) is 0 Å². The van der Waals surface area contributed by atoms with Crippen molar-refractivity contribution < 1.29 is 9.66 Å². The van der Waals surface area contributed by atoms with Crippen molar-refractivity contribution >= 4 is 17.3 Å². The van der Waals surface area contributed by atoms with Crippen molar-refractivity contribution in [1.82, 2.24) is 5.32 Å². The zero-order valence-corrected chi connectivity index (χ0v) is 13.3. The molecule has 1 aromatic rings. The Morgan fingerprint density at radius 1 is 1.48 bits per heavy atom. The van der Waals surface area contributed by atoms with E-state index in [1.54, 1.807) is 6.07 Å². The van der Waals surface area contributed by atoms with Crippen LogP contribution in [0, 0.1) is 15.5 Å². The zero-order valence-electron chi connectivity index (χ0n) is 12.6.